The molecule has 1 aromatic rings. The molecular weight excluding hydrogens is 270 g/mol. The van der Waals surface area contributed by atoms with E-state index in [4.69, 9.17) is 9.72 Å². The molecule has 0 aliphatic carbocycles. The van der Waals surface area contributed by atoms with Crippen molar-refractivity contribution in [2.24, 2.45) is 0 Å². The minimum Gasteiger partial charge on any atom is -0.377 e. The molecule has 1 aromatic heterocycles. The molecule has 1 N–H and O–H groups in total. The van der Waals surface area contributed by atoms with E-state index in [2.05, 4.69) is 29.4 Å². The van der Waals surface area contributed by atoms with E-state index in [9.17, 15) is 0 Å². The number of piperidine rings is 1. The van der Waals surface area contributed by atoms with Crippen molar-refractivity contribution in [1.82, 2.24) is 15.2 Å². The van der Waals surface area contributed by atoms with Gasteiger partial charge in [-0.2, -0.15) is 0 Å². The van der Waals surface area contributed by atoms with Crippen LogP contribution in [0.25, 0.3) is 0 Å². The third-order valence-corrected chi connectivity index (χ3v) is 4.43. The monoisotopic (exact) mass is 297 g/mol. The Morgan fingerprint density at radius 3 is 3.20 bits per heavy atom. The van der Waals surface area contributed by atoms with Gasteiger partial charge in [0.2, 0.25) is 0 Å². The van der Waals surface area contributed by atoms with Crippen LogP contribution in [0.3, 0.4) is 0 Å². The Kier molecular flexibility index (Phi) is 6.93. The van der Waals surface area contributed by atoms with Gasteiger partial charge in [0.25, 0.3) is 0 Å². The van der Waals surface area contributed by atoms with Gasteiger partial charge in [-0.1, -0.05) is 13.8 Å². The summed E-state index contributed by atoms with van der Waals surface area (Å²) in [7, 11) is 0. The van der Waals surface area contributed by atoms with E-state index in [1.165, 1.54) is 30.1 Å². The first-order valence-electron chi connectivity index (χ1n) is 7.79. The normalized spacial score (nSPS) is 20.4. The molecule has 0 bridgehead atoms. The predicted octanol–water partition coefficient (Wildman–Crippen LogP) is 2.64. The molecule has 0 saturated carbocycles. The molecule has 1 saturated heterocycles. The molecule has 5 heteroatoms. The van der Waals surface area contributed by atoms with Crippen LogP contribution < -0.4 is 5.32 Å². The van der Waals surface area contributed by atoms with Crippen LogP contribution in [-0.2, 0) is 17.8 Å². The summed E-state index contributed by atoms with van der Waals surface area (Å²) in [5.74, 6) is 0. The fourth-order valence-electron chi connectivity index (χ4n) is 2.54. The Hall–Kier alpha value is -0.490. The molecule has 0 spiro atoms. The van der Waals surface area contributed by atoms with Crippen LogP contribution in [-0.4, -0.2) is 42.2 Å². The molecular formula is C15H27N3OS. The number of ether oxygens (including phenoxy) is 1. The van der Waals surface area contributed by atoms with Crippen molar-refractivity contribution in [2.45, 2.75) is 52.3 Å². The number of thiazole rings is 1. The Labute approximate surface area is 126 Å². The molecule has 0 aromatic carbocycles. The number of hydrogen-bond acceptors (Lipinski definition) is 5. The second kappa shape index (κ2) is 8.72. The van der Waals surface area contributed by atoms with Crippen molar-refractivity contribution in [3.63, 3.8) is 0 Å². The maximum atomic E-state index is 5.89. The fourth-order valence-corrected chi connectivity index (χ4v) is 3.30. The van der Waals surface area contributed by atoms with Gasteiger partial charge in [-0.05, 0) is 32.4 Å². The zero-order valence-corrected chi connectivity index (χ0v) is 13.5. The maximum absolute atomic E-state index is 5.89. The number of aromatic nitrogens is 1. The fraction of sp³-hybridized carbons (Fsp3) is 0.800. The minimum atomic E-state index is 0.420. The second-order valence-electron chi connectivity index (χ2n) is 5.38. The lowest BCUT2D eigenvalue weighted by molar-refractivity contribution is -0.00248. The maximum Gasteiger partial charge on any atom is 0.107 e. The van der Waals surface area contributed by atoms with Gasteiger partial charge in [0.1, 0.15) is 5.01 Å². The van der Waals surface area contributed by atoms with E-state index < -0.39 is 0 Å². The van der Waals surface area contributed by atoms with Crippen LogP contribution >= 0.6 is 11.3 Å². The predicted molar refractivity (Wildman–Crippen MR) is 84.0 cm³/mol. The summed E-state index contributed by atoms with van der Waals surface area (Å²) in [6.07, 6.45) is 3.97. The van der Waals surface area contributed by atoms with Crippen LogP contribution in [0.1, 0.15) is 43.8 Å². The molecule has 4 nitrogen and oxygen atoms in total. The number of rotatable bonds is 8. The van der Waals surface area contributed by atoms with Gasteiger partial charge in [0, 0.05) is 31.6 Å². The quantitative estimate of drug-likeness (QED) is 0.800. The molecule has 1 aliphatic heterocycles. The molecule has 2 rings (SSSR count). The van der Waals surface area contributed by atoms with Crippen LogP contribution in [0.4, 0.5) is 0 Å². The highest BCUT2D eigenvalue weighted by atomic mass is 32.1. The van der Waals surface area contributed by atoms with Crippen molar-refractivity contribution >= 4 is 11.3 Å². The molecule has 20 heavy (non-hydrogen) atoms. The Morgan fingerprint density at radius 1 is 1.50 bits per heavy atom. The Balaban J connectivity index is 1.78. The standard InChI is InChI=1S/C15H27N3OS/c1-3-8-19-14-6-5-7-18(11-14)10-13-12-20-15(17-13)9-16-4-2/h12,14,16H,3-11H2,1-2H3. The van der Waals surface area contributed by atoms with Gasteiger partial charge in [-0.25, -0.2) is 4.98 Å². The molecule has 0 amide bonds. The van der Waals surface area contributed by atoms with Gasteiger partial charge in [0.05, 0.1) is 11.8 Å². The molecule has 1 unspecified atom stereocenters. The van der Waals surface area contributed by atoms with Crippen LogP contribution in [0.15, 0.2) is 5.38 Å². The first-order chi connectivity index (χ1) is 9.81. The molecule has 1 atom stereocenters. The Bertz CT molecular complexity index is 383. The average Bonchev–Trinajstić information content (AvgIpc) is 2.91. The van der Waals surface area contributed by atoms with E-state index >= 15 is 0 Å². The van der Waals surface area contributed by atoms with Gasteiger partial charge < -0.3 is 10.1 Å². The molecule has 1 fully saturated rings. The van der Waals surface area contributed by atoms with Crippen molar-refractivity contribution in [1.29, 1.82) is 0 Å². The zero-order valence-electron chi connectivity index (χ0n) is 12.7. The highest BCUT2D eigenvalue weighted by Crippen LogP contribution is 2.17. The smallest absolute Gasteiger partial charge is 0.107 e. The lowest BCUT2D eigenvalue weighted by Gasteiger charge is -2.32. The average molecular weight is 297 g/mol. The SMILES string of the molecule is CCCOC1CCCN(Cc2csc(CNCC)n2)C1. The second-order valence-corrected chi connectivity index (χ2v) is 6.33. The van der Waals surface area contributed by atoms with Crippen molar-refractivity contribution in [3.05, 3.63) is 16.1 Å². The zero-order chi connectivity index (χ0) is 14.2. The van der Waals surface area contributed by atoms with E-state index in [-0.39, 0.29) is 0 Å². The summed E-state index contributed by atoms with van der Waals surface area (Å²) < 4.78 is 5.89. The number of nitrogens with one attached hydrogen (secondary N) is 1. The Morgan fingerprint density at radius 2 is 2.40 bits per heavy atom. The number of hydrogen-bond donors (Lipinski definition) is 1. The van der Waals surface area contributed by atoms with E-state index in [1.54, 1.807) is 11.3 Å². The van der Waals surface area contributed by atoms with Crippen LogP contribution in [0.5, 0.6) is 0 Å². The molecule has 1 aliphatic rings. The first kappa shape index (κ1) is 15.9. The topological polar surface area (TPSA) is 37.4 Å². The molecule has 0 radical (unpaired) electrons. The van der Waals surface area contributed by atoms with Crippen LogP contribution in [0, 0.1) is 0 Å². The van der Waals surface area contributed by atoms with Gasteiger partial charge >= 0.3 is 0 Å². The van der Waals surface area contributed by atoms with Crippen molar-refractivity contribution in [3.8, 4) is 0 Å². The molecule has 2 heterocycles. The lowest BCUT2D eigenvalue weighted by atomic mass is 10.1. The van der Waals surface area contributed by atoms with Crippen LogP contribution in [0.2, 0.25) is 0 Å². The van der Waals surface area contributed by atoms with E-state index in [1.807, 2.05) is 0 Å². The third kappa shape index (κ3) is 5.13. The van der Waals surface area contributed by atoms with Crippen molar-refractivity contribution < 1.29 is 4.74 Å². The highest BCUT2D eigenvalue weighted by Gasteiger charge is 2.20. The summed E-state index contributed by atoms with van der Waals surface area (Å²) in [6.45, 7) is 10.3. The lowest BCUT2D eigenvalue weighted by Crippen LogP contribution is -2.39. The van der Waals surface area contributed by atoms with E-state index in [0.717, 1.165) is 39.2 Å². The summed E-state index contributed by atoms with van der Waals surface area (Å²) >= 11 is 1.76. The van der Waals surface area contributed by atoms with E-state index in [0.29, 0.717) is 6.10 Å². The van der Waals surface area contributed by atoms with Gasteiger partial charge in [0.15, 0.2) is 0 Å². The summed E-state index contributed by atoms with van der Waals surface area (Å²) in [4.78, 5) is 7.18. The summed E-state index contributed by atoms with van der Waals surface area (Å²) in [5.41, 5.74) is 1.21. The summed E-state index contributed by atoms with van der Waals surface area (Å²) in [6, 6.07) is 0. The minimum absolute atomic E-state index is 0.420. The molecule has 114 valence electrons. The third-order valence-electron chi connectivity index (χ3n) is 3.53. The largest absolute Gasteiger partial charge is 0.377 e. The number of nitrogens with zero attached hydrogens (tertiary/aromatic N) is 2. The van der Waals surface area contributed by atoms with Crippen molar-refractivity contribution in [2.75, 3.05) is 26.2 Å². The first-order valence-corrected chi connectivity index (χ1v) is 8.67. The summed E-state index contributed by atoms with van der Waals surface area (Å²) in [5, 5.41) is 6.72. The number of likely N-dealkylation sites (tertiary alicyclic amines) is 1. The van der Waals surface area contributed by atoms with Gasteiger partial charge in [-0.15, -0.1) is 11.3 Å². The highest BCUT2D eigenvalue weighted by molar-refractivity contribution is 7.09. The van der Waals surface area contributed by atoms with Gasteiger partial charge in [-0.3, -0.25) is 4.90 Å².